The van der Waals surface area contributed by atoms with E-state index in [1.807, 2.05) is 25.1 Å². The molecule has 0 aliphatic rings. The van der Waals surface area contributed by atoms with Crippen LogP contribution in [0.1, 0.15) is 17.7 Å². The van der Waals surface area contributed by atoms with Crippen molar-refractivity contribution >= 4 is 23.4 Å². The fourth-order valence-corrected chi connectivity index (χ4v) is 3.10. The summed E-state index contributed by atoms with van der Waals surface area (Å²) < 4.78 is 1.41. The Balaban J connectivity index is 2.40. The maximum Gasteiger partial charge on any atom is 0.339 e. The van der Waals surface area contributed by atoms with Gasteiger partial charge in [-0.3, -0.25) is 19.4 Å². The zero-order valence-corrected chi connectivity index (χ0v) is 13.1. The van der Waals surface area contributed by atoms with Crippen molar-refractivity contribution in [2.24, 2.45) is 12.8 Å². The van der Waals surface area contributed by atoms with E-state index in [2.05, 4.69) is 10.1 Å². The molecule has 0 amide bonds. The molecule has 0 saturated carbocycles. The lowest BCUT2D eigenvalue weighted by Crippen LogP contribution is -2.34. The third-order valence-electron chi connectivity index (χ3n) is 2.83. The van der Waals surface area contributed by atoms with Crippen molar-refractivity contribution in [2.75, 3.05) is 0 Å². The van der Waals surface area contributed by atoms with Crippen LogP contribution >= 0.6 is 23.4 Å². The fraction of sp³-hybridized carbons (Fsp3) is 0.308. The first kappa shape index (κ1) is 15.8. The van der Waals surface area contributed by atoms with Gasteiger partial charge < -0.3 is 5.73 Å². The predicted octanol–water partition coefficient (Wildman–Crippen LogP) is 1.30. The number of halogens is 1. The minimum absolute atomic E-state index is 0.146. The Hall–Kier alpha value is -1.57. The summed E-state index contributed by atoms with van der Waals surface area (Å²) in [5.41, 5.74) is 5.40. The van der Waals surface area contributed by atoms with Crippen LogP contribution in [-0.2, 0) is 7.05 Å². The lowest BCUT2D eigenvalue weighted by Gasteiger charge is -2.21. The highest BCUT2D eigenvalue weighted by atomic mass is 35.5. The van der Waals surface area contributed by atoms with Gasteiger partial charge in [0.15, 0.2) is 5.16 Å². The summed E-state index contributed by atoms with van der Waals surface area (Å²) in [4.78, 5) is 26.4. The Morgan fingerprint density at radius 2 is 2.14 bits per heavy atom. The number of nitrogens with one attached hydrogen (secondary N) is 1. The van der Waals surface area contributed by atoms with E-state index >= 15 is 0 Å². The smallest absolute Gasteiger partial charge is 0.327 e. The highest BCUT2D eigenvalue weighted by Crippen LogP contribution is 2.36. The second-order valence-electron chi connectivity index (χ2n) is 4.65. The lowest BCUT2D eigenvalue weighted by atomic mass is 10.1. The maximum absolute atomic E-state index is 11.4. The number of aryl methyl sites for hydroxylation is 1. The molecule has 0 bridgehead atoms. The van der Waals surface area contributed by atoms with E-state index in [-0.39, 0.29) is 11.3 Å². The van der Waals surface area contributed by atoms with Gasteiger partial charge >= 0.3 is 11.1 Å². The molecule has 0 spiro atoms. The van der Waals surface area contributed by atoms with Gasteiger partial charge in [-0.2, -0.15) is 4.98 Å². The standard InChI is InChI=1S/C13H15ClN4O2S/c1-7(15)10(8-4-3-5-9(14)6-8)21-13-16-11(19)12(20)17-18(13)2/h3-7,10H,15H2,1-2H3,(H,17,20). The number of H-pyrrole nitrogens is 1. The van der Waals surface area contributed by atoms with Crippen molar-refractivity contribution < 1.29 is 0 Å². The number of hydrogen-bond donors (Lipinski definition) is 2. The van der Waals surface area contributed by atoms with Gasteiger partial charge in [-0.15, -0.1) is 0 Å². The average molecular weight is 327 g/mol. The summed E-state index contributed by atoms with van der Waals surface area (Å²) in [6.07, 6.45) is 0. The van der Waals surface area contributed by atoms with Crippen LogP contribution in [0.15, 0.2) is 39.0 Å². The quantitative estimate of drug-likeness (QED) is 0.652. The first-order valence-electron chi connectivity index (χ1n) is 6.23. The minimum atomic E-state index is -0.815. The number of thioether (sulfide) groups is 1. The van der Waals surface area contributed by atoms with Crippen molar-refractivity contribution in [3.05, 3.63) is 55.6 Å². The normalized spacial score (nSPS) is 13.9. The molecule has 6 nitrogen and oxygen atoms in total. The predicted molar refractivity (Wildman–Crippen MR) is 83.8 cm³/mol. The number of hydrogen-bond acceptors (Lipinski definition) is 5. The molecule has 0 saturated heterocycles. The van der Waals surface area contributed by atoms with Crippen LogP contribution in [0.4, 0.5) is 0 Å². The van der Waals surface area contributed by atoms with Crippen molar-refractivity contribution in [3.63, 3.8) is 0 Å². The third kappa shape index (κ3) is 3.75. The van der Waals surface area contributed by atoms with Crippen LogP contribution in [0.5, 0.6) is 0 Å². The molecule has 0 aliphatic heterocycles. The van der Waals surface area contributed by atoms with Gasteiger partial charge in [0.05, 0.1) is 5.25 Å². The van der Waals surface area contributed by atoms with E-state index < -0.39 is 11.1 Å². The van der Waals surface area contributed by atoms with E-state index in [0.29, 0.717) is 10.2 Å². The summed E-state index contributed by atoms with van der Waals surface area (Å²) in [6, 6.07) is 7.16. The molecule has 1 heterocycles. The summed E-state index contributed by atoms with van der Waals surface area (Å²) >= 11 is 7.31. The fourth-order valence-electron chi connectivity index (χ4n) is 1.84. The van der Waals surface area contributed by atoms with Crippen molar-refractivity contribution in [1.29, 1.82) is 0 Å². The zero-order chi connectivity index (χ0) is 15.6. The highest BCUT2D eigenvalue weighted by molar-refractivity contribution is 7.99. The molecule has 1 aromatic carbocycles. The van der Waals surface area contributed by atoms with Gasteiger partial charge in [-0.05, 0) is 24.6 Å². The highest BCUT2D eigenvalue weighted by Gasteiger charge is 2.20. The molecule has 8 heteroatoms. The average Bonchev–Trinajstić information content (AvgIpc) is 2.41. The van der Waals surface area contributed by atoms with Gasteiger partial charge in [0.1, 0.15) is 0 Å². The maximum atomic E-state index is 11.4. The molecule has 2 aromatic rings. The molecule has 21 heavy (non-hydrogen) atoms. The van der Waals surface area contributed by atoms with Gasteiger partial charge in [0.25, 0.3) is 0 Å². The van der Waals surface area contributed by atoms with Crippen LogP contribution in [0.2, 0.25) is 5.02 Å². The van der Waals surface area contributed by atoms with Crippen LogP contribution in [-0.4, -0.2) is 20.8 Å². The van der Waals surface area contributed by atoms with Gasteiger partial charge in [0.2, 0.25) is 0 Å². The lowest BCUT2D eigenvalue weighted by molar-refractivity contribution is 0.592. The van der Waals surface area contributed by atoms with Crippen molar-refractivity contribution in [2.45, 2.75) is 23.4 Å². The monoisotopic (exact) mass is 326 g/mol. The molecule has 2 unspecified atom stereocenters. The Bertz CT molecular complexity index is 756. The van der Waals surface area contributed by atoms with E-state index in [1.165, 1.54) is 16.4 Å². The molecular formula is C13H15ClN4O2S. The van der Waals surface area contributed by atoms with E-state index in [9.17, 15) is 9.59 Å². The summed E-state index contributed by atoms with van der Waals surface area (Å²) in [6.45, 7) is 1.86. The van der Waals surface area contributed by atoms with Crippen molar-refractivity contribution in [1.82, 2.24) is 14.8 Å². The third-order valence-corrected chi connectivity index (χ3v) is 4.60. The Kier molecular flexibility index (Phi) is 4.87. The molecule has 2 atom stereocenters. The van der Waals surface area contributed by atoms with Crippen LogP contribution < -0.4 is 16.9 Å². The number of aromatic amines is 1. The number of rotatable bonds is 4. The van der Waals surface area contributed by atoms with Crippen molar-refractivity contribution in [3.8, 4) is 0 Å². The van der Waals surface area contributed by atoms with E-state index in [0.717, 1.165) is 5.56 Å². The topological polar surface area (TPSA) is 93.8 Å². The Morgan fingerprint density at radius 3 is 2.76 bits per heavy atom. The van der Waals surface area contributed by atoms with Crippen LogP contribution in [0, 0.1) is 0 Å². The first-order valence-corrected chi connectivity index (χ1v) is 7.49. The SMILES string of the molecule is CC(N)C(Sc1nc(=O)c(=O)[nH]n1C)c1cccc(Cl)c1. The second kappa shape index (κ2) is 6.46. The zero-order valence-electron chi connectivity index (χ0n) is 11.5. The van der Waals surface area contributed by atoms with E-state index in [1.54, 1.807) is 13.1 Å². The number of benzene rings is 1. The Morgan fingerprint density at radius 1 is 1.43 bits per heavy atom. The molecule has 1 aromatic heterocycles. The number of aromatic nitrogens is 3. The number of nitrogens with zero attached hydrogens (tertiary/aromatic N) is 2. The summed E-state index contributed by atoms with van der Waals surface area (Å²) in [7, 11) is 1.62. The second-order valence-corrected chi connectivity index (χ2v) is 6.20. The summed E-state index contributed by atoms with van der Waals surface area (Å²) in [5.74, 6) is 0. The number of nitrogens with two attached hydrogens (primary N) is 1. The van der Waals surface area contributed by atoms with Gasteiger partial charge in [-0.25, -0.2) is 0 Å². The molecule has 2 rings (SSSR count). The largest absolute Gasteiger partial charge is 0.339 e. The molecular weight excluding hydrogens is 312 g/mol. The molecule has 0 aliphatic carbocycles. The van der Waals surface area contributed by atoms with E-state index in [4.69, 9.17) is 17.3 Å². The molecule has 112 valence electrons. The molecule has 0 radical (unpaired) electrons. The van der Waals surface area contributed by atoms with Gasteiger partial charge in [0, 0.05) is 18.1 Å². The molecule has 3 N–H and O–H groups in total. The van der Waals surface area contributed by atoms with Crippen LogP contribution in [0.3, 0.4) is 0 Å². The minimum Gasteiger partial charge on any atom is -0.327 e. The first-order chi connectivity index (χ1) is 9.88. The van der Waals surface area contributed by atoms with Gasteiger partial charge in [-0.1, -0.05) is 35.5 Å². The summed E-state index contributed by atoms with van der Waals surface area (Å²) in [5, 5.41) is 3.27. The Labute approximate surface area is 130 Å². The van der Waals surface area contributed by atoms with Crippen LogP contribution in [0.25, 0.3) is 0 Å². The molecule has 0 fully saturated rings.